The van der Waals surface area contributed by atoms with Crippen LogP contribution in [0.3, 0.4) is 0 Å². The van der Waals surface area contributed by atoms with Crippen LogP contribution in [0.5, 0.6) is 0 Å². The molecule has 70 valence electrons. The van der Waals surface area contributed by atoms with Gasteiger partial charge >= 0.3 is 6.03 Å². The molecule has 1 aliphatic heterocycles. The first-order valence-corrected chi connectivity index (χ1v) is 4.93. The highest BCUT2D eigenvalue weighted by Gasteiger charge is 2.36. The zero-order chi connectivity index (χ0) is 9.41. The van der Waals surface area contributed by atoms with Gasteiger partial charge in [0.2, 0.25) is 0 Å². The van der Waals surface area contributed by atoms with E-state index in [1.807, 2.05) is 0 Å². The molecule has 1 unspecified atom stereocenters. The van der Waals surface area contributed by atoms with Crippen molar-refractivity contribution < 1.29 is 17.8 Å². The second kappa shape index (κ2) is 2.60. The first kappa shape index (κ1) is 9.27. The van der Waals surface area contributed by atoms with Crippen LogP contribution in [0.25, 0.3) is 0 Å². The largest absolute Gasteiger partial charge is 0.336 e. The van der Waals surface area contributed by atoms with Gasteiger partial charge in [-0.05, 0) is 6.92 Å². The maximum atomic E-state index is 10.6. The molecule has 6 nitrogen and oxygen atoms in total. The summed E-state index contributed by atoms with van der Waals surface area (Å²) in [6.45, 7) is 1.74. The molecule has 0 saturated carbocycles. The van der Waals surface area contributed by atoms with E-state index in [-0.39, 0.29) is 6.54 Å². The smallest absolute Gasteiger partial charge is 0.315 e. The summed E-state index contributed by atoms with van der Waals surface area (Å²) in [6.07, 6.45) is 0. The molecule has 0 spiro atoms. The average molecular weight is 194 g/mol. The summed E-state index contributed by atoms with van der Waals surface area (Å²) in [5, 5.41) is 4.80. The van der Waals surface area contributed by atoms with Crippen molar-refractivity contribution in [3.05, 3.63) is 0 Å². The predicted molar refractivity (Wildman–Crippen MR) is 41.4 cm³/mol. The Balaban J connectivity index is 2.69. The third kappa shape index (κ3) is 2.35. The Morgan fingerprint density at radius 2 is 2.25 bits per heavy atom. The molecule has 1 fully saturated rings. The van der Waals surface area contributed by atoms with Crippen LogP contribution in [-0.4, -0.2) is 36.8 Å². The highest BCUT2D eigenvalue weighted by Crippen LogP contribution is 2.09. The van der Waals surface area contributed by atoms with Crippen LogP contribution in [0, 0.1) is 0 Å². The van der Waals surface area contributed by atoms with Gasteiger partial charge in [0.05, 0.1) is 11.3 Å². The molecule has 12 heavy (non-hydrogen) atoms. The summed E-state index contributed by atoms with van der Waals surface area (Å²) in [7, 11) is -4.04. The lowest BCUT2D eigenvalue weighted by Gasteiger charge is -2.19. The van der Waals surface area contributed by atoms with Crippen molar-refractivity contribution in [2.24, 2.45) is 0 Å². The molecule has 0 aromatic carbocycles. The van der Waals surface area contributed by atoms with Crippen LogP contribution < -0.4 is 10.6 Å². The Bertz CT molecular complexity index is 299. The average Bonchev–Trinajstić information content (AvgIpc) is 2.05. The minimum atomic E-state index is -4.04. The van der Waals surface area contributed by atoms with Crippen molar-refractivity contribution in [2.75, 3.05) is 12.3 Å². The molecule has 1 heterocycles. The first-order chi connectivity index (χ1) is 5.31. The number of rotatable bonds is 2. The van der Waals surface area contributed by atoms with Crippen LogP contribution in [0.1, 0.15) is 6.92 Å². The fourth-order valence-corrected chi connectivity index (χ4v) is 2.11. The standard InChI is InChI=1S/C5H10N2O4S/c1-5(3-12(9,10)11)2-6-4(8)7-5/h2-3H2,1H3,(H2,6,7,8)(H,9,10,11). The van der Waals surface area contributed by atoms with Gasteiger partial charge in [-0.1, -0.05) is 0 Å². The Kier molecular flexibility index (Phi) is 2.01. The first-order valence-electron chi connectivity index (χ1n) is 3.32. The number of urea groups is 1. The number of carbonyl (C=O) groups excluding carboxylic acids is 1. The molecule has 1 saturated heterocycles. The molecular weight excluding hydrogens is 184 g/mol. The van der Waals surface area contributed by atoms with Crippen molar-refractivity contribution in [1.29, 1.82) is 0 Å². The van der Waals surface area contributed by atoms with Crippen molar-refractivity contribution in [3.8, 4) is 0 Å². The number of amides is 2. The summed E-state index contributed by atoms with van der Waals surface area (Å²) in [5.74, 6) is -0.473. The van der Waals surface area contributed by atoms with Crippen LogP contribution in [0.2, 0.25) is 0 Å². The molecule has 0 aromatic heterocycles. The Hall–Kier alpha value is -0.820. The molecule has 0 bridgehead atoms. The number of carbonyl (C=O) groups is 1. The van der Waals surface area contributed by atoms with Gasteiger partial charge in [-0.3, -0.25) is 4.55 Å². The van der Waals surface area contributed by atoms with E-state index in [0.29, 0.717) is 0 Å². The lowest BCUT2D eigenvalue weighted by Crippen LogP contribution is -2.46. The molecule has 0 radical (unpaired) electrons. The molecule has 1 rings (SSSR count). The zero-order valence-corrected chi connectivity index (χ0v) is 7.31. The highest BCUT2D eigenvalue weighted by molar-refractivity contribution is 7.85. The summed E-state index contributed by atoms with van der Waals surface area (Å²) in [4.78, 5) is 10.6. The van der Waals surface area contributed by atoms with E-state index in [0.717, 1.165) is 0 Å². The summed E-state index contributed by atoms with van der Waals surface area (Å²) >= 11 is 0. The SMILES string of the molecule is CC1(CS(=O)(=O)O)CNC(=O)N1. The summed E-state index contributed by atoms with van der Waals surface area (Å²) < 4.78 is 29.5. The van der Waals surface area contributed by atoms with Gasteiger partial charge in [-0.2, -0.15) is 8.42 Å². The summed E-state index contributed by atoms with van der Waals surface area (Å²) in [5.41, 5.74) is -0.898. The molecule has 3 N–H and O–H groups in total. The Morgan fingerprint density at radius 3 is 2.58 bits per heavy atom. The fourth-order valence-electron chi connectivity index (χ4n) is 1.13. The van der Waals surface area contributed by atoms with Gasteiger partial charge in [0, 0.05) is 6.54 Å². The maximum absolute atomic E-state index is 10.6. The minimum Gasteiger partial charge on any atom is -0.336 e. The normalized spacial score (nSPS) is 29.7. The molecule has 1 atom stereocenters. The monoisotopic (exact) mass is 194 g/mol. The van der Waals surface area contributed by atoms with Crippen LogP contribution >= 0.6 is 0 Å². The molecule has 7 heteroatoms. The molecule has 0 aromatic rings. The molecule has 2 amide bonds. The van der Waals surface area contributed by atoms with E-state index < -0.39 is 27.4 Å². The van der Waals surface area contributed by atoms with Gasteiger partial charge < -0.3 is 10.6 Å². The topological polar surface area (TPSA) is 95.5 Å². The lowest BCUT2D eigenvalue weighted by atomic mass is 10.1. The lowest BCUT2D eigenvalue weighted by molar-refractivity contribution is 0.246. The van der Waals surface area contributed by atoms with Crippen LogP contribution in [0.15, 0.2) is 0 Å². The van der Waals surface area contributed by atoms with E-state index >= 15 is 0 Å². The second-order valence-corrected chi connectivity index (χ2v) is 4.55. The van der Waals surface area contributed by atoms with Crippen LogP contribution in [0.4, 0.5) is 4.79 Å². The quantitative estimate of drug-likeness (QED) is 0.488. The van der Waals surface area contributed by atoms with E-state index in [1.54, 1.807) is 6.92 Å². The highest BCUT2D eigenvalue weighted by atomic mass is 32.2. The predicted octanol–water partition coefficient (Wildman–Crippen LogP) is -1.05. The third-order valence-corrected chi connectivity index (χ3v) is 2.56. The van der Waals surface area contributed by atoms with Gasteiger partial charge in [0.25, 0.3) is 10.1 Å². The van der Waals surface area contributed by atoms with E-state index in [4.69, 9.17) is 4.55 Å². The Morgan fingerprint density at radius 1 is 1.67 bits per heavy atom. The van der Waals surface area contributed by atoms with E-state index in [2.05, 4.69) is 10.6 Å². The second-order valence-electron chi connectivity index (χ2n) is 3.09. The van der Waals surface area contributed by atoms with Gasteiger partial charge in [-0.25, -0.2) is 4.79 Å². The Labute approximate surface area is 70.1 Å². The number of nitrogens with one attached hydrogen (secondary N) is 2. The fraction of sp³-hybridized carbons (Fsp3) is 0.800. The van der Waals surface area contributed by atoms with Crippen molar-refractivity contribution in [1.82, 2.24) is 10.6 Å². The van der Waals surface area contributed by atoms with Crippen molar-refractivity contribution >= 4 is 16.1 Å². The summed E-state index contributed by atoms with van der Waals surface area (Å²) in [6, 6.07) is -0.416. The zero-order valence-electron chi connectivity index (χ0n) is 6.49. The van der Waals surface area contributed by atoms with Crippen LogP contribution in [-0.2, 0) is 10.1 Å². The van der Waals surface area contributed by atoms with Crippen molar-refractivity contribution in [3.63, 3.8) is 0 Å². The van der Waals surface area contributed by atoms with Crippen molar-refractivity contribution in [2.45, 2.75) is 12.5 Å². The van der Waals surface area contributed by atoms with Gasteiger partial charge in [-0.15, -0.1) is 0 Å². The van der Waals surface area contributed by atoms with Gasteiger partial charge in [0.1, 0.15) is 0 Å². The van der Waals surface area contributed by atoms with E-state index in [9.17, 15) is 13.2 Å². The molecule has 0 aliphatic carbocycles. The number of hydrogen-bond donors (Lipinski definition) is 3. The minimum absolute atomic E-state index is 0.200. The van der Waals surface area contributed by atoms with E-state index in [1.165, 1.54) is 0 Å². The maximum Gasteiger partial charge on any atom is 0.315 e. The third-order valence-electron chi connectivity index (χ3n) is 1.56. The number of hydrogen-bond acceptors (Lipinski definition) is 3. The van der Waals surface area contributed by atoms with Gasteiger partial charge in [0.15, 0.2) is 0 Å². The molecule has 1 aliphatic rings. The molecular formula is C5H10N2O4S.